The van der Waals surface area contributed by atoms with Gasteiger partial charge in [0.15, 0.2) is 12.2 Å². The summed E-state index contributed by atoms with van der Waals surface area (Å²) in [4.78, 5) is 72.3. The van der Waals surface area contributed by atoms with Crippen molar-refractivity contribution in [2.24, 2.45) is 5.92 Å². The minimum absolute atomic E-state index is 0.105. The van der Waals surface area contributed by atoms with E-state index in [1.54, 1.807) is 0 Å². The van der Waals surface area contributed by atoms with E-state index in [4.69, 9.17) is 37.0 Å². The number of phosphoric ester groups is 2. The van der Waals surface area contributed by atoms with Gasteiger partial charge in [0.2, 0.25) is 0 Å². The Bertz CT molecular complexity index is 1690. The van der Waals surface area contributed by atoms with Crippen molar-refractivity contribution in [1.82, 2.24) is 0 Å². The van der Waals surface area contributed by atoms with E-state index in [2.05, 4.69) is 34.6 Å². The van der Waals surface area contributed by atoms with Crippen molar-refractivity contribution in [1.29, 1.82) is 0 Å². The van der Waals surface area contributed by atoms with Gasteiger partial charge in [0.1, 0.15) is 19.3 Å². The molecule has 516 valence electrons. The Morgan fingerprint density at radius 2 is 0.529 bits per heavy atom. The number of ether oxygens (including phenoxy) is 4. The molecule has 19 heteroatoms. The molecule has 5 atom stereocenters. The van der Waals surface area contributed by atoms with Gasteiger partial charge in [-0.15, -0.1) is 0 Å². The van der Waals surface area contributed by atoms with Gasteiger partial charge in [-0.05, 0) is 31.6 Å². The van der Waals surface area contributed by atoms with E-state index in [1.165, 1.54) is 161 Å². The molecule has 2 unspecified atom stereocenters. The van der Waals surface area contributed by atoms with Crippen LogP contribution in [0.2, 0.25) is 0 Å². The highest BCUT2D eigenvalue weighted by atomic mass is 31.2. The first kappa shape index (κ1) is 85.1. The third kappa shape index (κ3) is 62.6. The molecule has 0 saturated carbocycles. The van der Waals surface area contributed by atoms with Crippen LogP contribution in [0.3, 0.4) is 0 Å². The molecule has 0 radical (unpaired) electrons. The Kier molecular flexibility index (Phi) is 60.2. The lowest BCUT2D eigenvalue weighted by molar-refractivity contribution is -0.161. The van der Waals surface area contributed by atoms with Crippen LogP contribution in [0.15, 0.2) is 0 Å². The average Bonchev–Trinajstić information content (AvgIpc) is 3.65. The molecular weight excluding hydrogens is 1150 g/mol. The summed E-state index contributed by atoms with van der Waals surface area (Å²) in [5.74, 6) is -1.36. The molecule has 0 saturated heterocycles. The van der Waals surface area contributed by atoms with Crippen LogP contribution in [0.1, 0.15) is 349 Å². The quantitative estimate of drug-likeness (QED) is 0.0222. The fraction of sp³-hybridized carbons (Fsp3) is 0.941. The Labute approximate surface area is 530 Å². The molecule has 0 aromatic carbocycles. The molecular formula is C68H132O17P2. The van der Waals surface area contributed by atoms with Gasteiger partial charge in [0.05, 0.1) is 26.4 Å². The second-order valence-corrected chi connectivity index (χ2v) is 27.9. The van der Waals surface area contributed by atoms with Gasteiger partial charge < -0.3 is 33.8 Å². The maximum atomic E-state index is 13.0. The maximum absolute atomic E-state index is 13.0. The summed E-state index contributed by atoms with van der Waals surface area (Å²) in [7, 11) is -9.89. The number of unbranched alkanes of at least 4 members (excludes halogenated alkanes) is 40. The maximum Gasteiger partial charge on any atom is 0.472 e. The number of aliphatic hydroxyl groups is 1. The largest absolute Gasteiger partial charge is 0.472 e. The first-order valence-electron chi connectivity index (χ1n) is 35.6. The number of esters is 4. The van der Waals surface area contributed by atoms with Crippen LogP contribution in [-0.4, -0.2) is 96.7 Å². The molecule has 0 aliphatic carbocycles. The zero-order valence-corrected chi connectivity index (χ0v) is 57.9. The number of aliphatic hydroxyl groups excluding tert-OH is 1. The van der Waals surface area contributed by atoms with Crippen molar-refractivity contribution in [3.05, 3.63) is 0 Å². The molecule has 0 aromatic rings. The standard InChI is InChI=1S/C68H132O17P2/c1-6-9-12-15-18-21-22-23-24-25-26-27-30-34-39-44-49-54-68(73)85-64(58-79-66(71)52-47-42-38-33-31-28-29-32-35-40-45-50-61(4)5)60-83-87(76,77)81-56-62(69)55-80-86(74,75)82-59-63(84-67(72)53-48-43-37-20-17-14-11-8-3)57-78-65(70)51-46-41-36-19-16-13-10-7-2/h61-64,69H,6-60H2,1-5H3,(H,74,75)(H,76,77)/t62-,63+,64+/m0/s1. The van der Waals surface area contributed by atoms with E-state index < -0.39 is 97.5 Å². The second-order valence-electron chi connectivity index (χ2n) is 25.0. The molecule has 0 aliphatic rings. The predicted octanol–water partition coefficient (Wildman–Crippen LogP) is 19.4. The van der Waals surface area contributed by atoms with E-state index in [1.807, 2.05) is 0 Å². The molecule has 0 bridgehead atoms. The van der Waals surface area contributed by atoms with Gasteiger partial charge in [0, 0.05) is 25.7 Å². The molecule has 0 amide bonds. The SMILES string of the molecule is CCCCCCCCCCCCCCCCCCCC(=O)O[C@H](COC(=O)CCCCCCCCCCCCCC(C)C)COP(=O)(O)OC[C@@H](O)COP(=O)(O)OC[C@@H](COC(=O)CCCCCCCCCC)OC(=O)CCCCCCCCCC. The van der Waals surface area contributed by atoms with Gasteiger partial charge in [0.25, 0.3) is 0 Å². The number of carbonyl (C=O) groups excluding carboxylic acids is 4. The summed E-state index contributed by atoms with van der Waals surface area (Å²) in [5.41, 5.74) is 0. The van der Waals surface area contributed by atoms with E-state index >= 15 is 0 Å². The summed E-state index contributed by atoms with van der Waals surface area (Å²) in [6, 6.07) is 0. The smallest absolute Gasteiger partial charge is 0.462 e. The second kappa shape index (κ2) is 61.6. The Balaban J connectivity index is 5.19. The zero-order chi connectivity index (χ0) is 64.2. The Hall–Kier alpha value is -1.94. The molecule has 3 N–H and O–H groups in total. The van der Waals surface area contributed by atoms with Gasteiger partial charge in [-0.2, -0.15) is 0 Å². The normalized spacial score (nSPS) is 14.1. The van der Waals surface area contributed by atoms with Gasteiger partial charge in [-0.25, -0.2) is 9.13 Å². The third-order valence-electron chi connectivity index (χ3n) is 15.8. The molecule has 0 heterocycles. The van der Waals surface area contributed by atoms with Crippen LogP contribution in [0.5, 0.6) is 0 Å². The summed E-state index contributed by atoms with van der Waals surface area (Å²) < 4.78 is 68.1. The van der Waals surface area contributed by atoms with Crippen LogP contribution in [-0.2, 0) is 65.4 Å². The molecule has 0 fully saturated rings. The molecule has 0 aliphatic heterocycles. The third-order valence-corrected chi connectivity index (χ3v) is 17.7. The minimum atomic E-state index is -4.95. The lowest BCUT2D eigenvalue weighted by Crippen LogP contribution is -2.30. The average molecular weight is 1280 g/mol. The molecule has 0 spiro atoms. The molecule has 17 nitrogen and oxygen atoms in total. The van der Waals surface area contributed by atoms with E-state index in [-0.39, 0.29) is 25.7 Å². The number of hydrogen-bond acceptors (Lipinski definition) is 15. The van der Waals surface area contributed by atoms with Crippen LogP contribution in [0, 0.1) is 5.92 Å². The summed E-state index contributed by atoms with van der Waals surface area (Å²) >= 11 is 0. The van der Waals surface area contributed by atoms with Crippen LogP contribution < -0.4 is 0 Å². The van der Waals surface area contributed by atoms with Gasteiger partial charge >= 0.3 is 39.5 Å². The lowest BCUT2D eigenvalue weighted by atomic mass is 10.0. The number of carbonyl (C=O) groups is 4. The first-order valence-corrected chi connectivity index (χ1v) is 38.6. The van der Waals surface area contributed by atoms with Crippen molar-refractivity contribution in [3.8, 4) is 0 Å². The minimum Gasteiger partial charge on any atom is -0.462 e. The van der Waals surface area contributed by atoms with Crippen molar-refractivity contribution in [3.63, 3.8) is 0 Å². The lowest BCUT2D eigenvalue weighted by Gasteiger charge is -2.21. The highest BCUT2D eigenvalue weighted by Gasteiger charge is 2.30. The topological polar surface area (TPSA) is 237 Å². The van der Waals surface area contributed by atoms with Gasteiger partial charge in [-0.3, -0.25) is 37.3 Å². The molecule has 87 heavy (non-hydrogen) atoms. The Morgan fingerprint density at radius 3 is 0.782 bits per heavy atom. The predicted molar refractivity (Wildman–Crippen MR) is 349 cm³/mol. The molecule has 0 aromatic heterocycles. The van der Waals surface area contributed by atoms with E-state index in [9.17, 15) is 43.2 Å². The summed E-state index contributed by atoms with van der Waals surface area (Å²) in [6.07, 6.45) is 47.3. The fourth-order valence-electron chi connectivity index (χ4n) is 10.3. The summed E-state index contributed by atoms with van der Waals surface area (Å²) in [6.45, 7) is 7.18. The number of hydrogen-bond donors (Lipinski definition) is 3. The van der Waals surface area contributed by atoms with Gasteiger partial charge in [-0.1, -0.05) is 298 Å². The van der Waals surface area contributed by atoms with Crippen LogP contribution in [0.25, 0.3) is 0 Å². The van der Waals surface area contributed by atoms with Crippen molar-refractivity contribution in [2.75, 3.05) is 39.6 Å². The zero-order valence-electron chi connectivity index (χ0n) is 56.2. The van der Waals surface area contributed by atoms with E-state index in [0.29, 0.717) is 25.7 Å². The van der Waals surface area contributed by atoms with Crippen LogP contribution in [0.4, 0.5) is 0 Å². The highest BCUT2D eigenvalue weighted by Crippen LogP contribution is 2.45. The number of rotatable bonds is 68. The van der Waals surface area contributed by atoms with Crippen LogP contribution >= 0.6 is 15.6 Å². The number of phosphoric acid groups is 2. The highest BCUT2D eigenvalue weighted by molar-refractivity contribution is 7.47. The fourth-order valence-corrected chi connectivity index (χ4v) is 11.9. The van der Waals surface area contributed by atoms with Crippen molar-refractivity contribution >= 4 is 39.5 Å². The monoisotopic (exact) mass is 1280 g/mol. The molecule has 0 rings (SSSR count). The van der Waals surface area contributed by atoms with Crippen molar-refractivity contribution < 1.29 is 80.2 Å². The first-order chi connectivity index (χ1) is 42.0. The Morgan fingerprint density at radius 1 is 0.310 bits per heavy atom. The summed E-state index contributed by atoms with van der Waals surface area (Å²) in [5, 5.41) is 10.5. The van der Waals surface area contributed by atoms with E-state index in [0.717, 1.165) is 109 Å². The van der Waals surface area contributed by atoms with Crippen molar-refractivity contribution in [2.45, 2.75) is 368 Å².